The Morgan fingerprint density at radius 2 is 2.11 bits per heavy atom. The number of nitrogens with one attached hydrogen (secondary N) is 1. The van der Waals surface area contributed by atoms with Crippen LogP contribution in [0.2, 0.25) is 0 Å². The zero-order valence-corrected chi connectivity index (χ0v) is 5.26. The lowest BCUT2D eigenvalue weighted by Gasteiger charge is -2.03. The monoisotopic (exact) mass is 126 g/mol. The van der Waals surface area contributed by atoms with Gasteiger partial charge < -0.3 is 0 Å². The second-order valence-corrected chi connectivity index (χ2v) is 2.31. The van der Waals surface area contributed by atoms with Gasteiger partial charge in [-0.15, -0.1) is 0 Å². The minimum Gasteiger partial charge on any atom is -0.296 e. The molecule has 1 aliphatic rings. The molecule has 3 nitrogen and oxygen atoms in total. The SMILES string of the molecule is O=C=NNC1CCCC1. The van der Waals surface area contributed by atoms with Crippen LogP contribution in [0.3, 0.4) is 0 Å². The van der Waals surface area contributed by atoms with Crippen LogP contribution in [-0.4, -0.2) is 12.1 Å². The topological polar surface area (TPSA) is 41.5 Å². The highest BCUT2D eigenvalue weighted by Crippen LogP contribution is 2.17. The van der Waals surface area contributed by atoms with Gasteiger partial charge >= 0.3 is 0 Å². The van der Waals surface area contributed by atoms with Crippen LogP contribution >= 0.6 is 0 Å². The van der Waals surface area contributed by atoms with E-state index in [1.54, 1.807) is 0 Å². The average molecular weight is 126 g/mol. The van der Waals surface area contributed by atoms with E-state index in [0.29, 0.717) is 6.04 Å². The third-order valence-corrected chi connectivity index (χ3v) is 1.65. The van der Waals surface area contributed by atoms with Crippen molar-refractivity contribution in [2.45, 2.75) is 31.7 Å². The third-order valence-electron chi connectivity index (χ3n) is 1.65. The summed E-state index contributed by atoms with van der Waals surface area (Å²) < 4.78 is 0. The van der Waals surface area contributed by atoms with Crippen LogP contribution in [0.25, 0.3) is 0 Å². The second kappa shape index (κ2) is 3.25. The van der Waals surface area contributed by atoms with Gasteiger partial charge in [0.1, 0.15) is 0 Å². The number of hydrazone groups is 1. The molecule has 3 heteroatoms. The molecular formula is C6H10N2O. The highest BCUT2D eigenvalue weighted by atomic mass is 16.1. The third kappa shape index (κ3) is 1.86. The van der Waals surface area contributed by atoms with Crippen molar-refractivity contribution in [3.8, 4) is 0 Å². The van der Waals surface area contributed by atoms with Crippen molar-refractivity contribution < 1.29 is 4.79 Å². The number of isocyanates is 1. The molecule has 1 N–H and O–H groups in total. The lowest BCUT2D eigenvalue weighted by Crippen LogP contribution is -2.19. The first-order valence-corrected chi connectivity index (χ1v) is 3.26. The molecule has 0 aromatic carbocycles. The van der Waals surface area contributed by atoms with Crippen molar-refractivity contribution in [3.63, 3.8) is 0 Å². The van der Waals surface area contributed by atoms with Gasteiger partial charge in [-0.2, -0.15) is 0 Å². The van der Waals surface area contributed by atoms with Gasteiger partial charge in [0.2, 0.25) is 0 Å². The average Bonchev–Trinajstić information content (AvgIpc) is 2.34. The van der Waals surface area contributed by atoms with E-state index in [9.17, 15) is 4.79 Å². The van der Waals surface area contributed by atoms with Crippen molar-refractivity contribution in [2.24, 2.45) is 5.10 Å². The van der Waals surface area contributed by atoms with Gasteiger partial charge in [-0.3, -0.25) is 5.43 Å². The maximum atomic E-state index is 9.61. The summed E-state index contributed by atoms with van der Waals surface area (Å²) in [5, 5.41) is 3.30. The lowest BCUT2D eigenvalue weighted by atomic mass is 10.3. The molecule has 0 atom stereocenters. The van der Waals surface area contributed by atoms with Gasteiger partial charge in [-0.05, 0) is 12.8 Å². The fourth-order valence-corrected chi connectivity index (χ4v) is 1.17. The minimum absolute atomic E-state index is 0.437. The summed E-state index contributed by atoms with van der Waals surface area (Å²) >= 11 is 0. The van der Waals surface area contributed by atoms with Crippen molar-refractivity contribution in [3.05, 3.63) is 0 Å². The normalized spacial score (nSPS) is 19.1. The van der Waals surface area contributed by atoms with Crippen LogP contribution in [0.15, 0.2) is 5.10 Å². The molecular weight excluding hydrogens is 116 g/mol. The van der Waals surface area contributed by atoms with Crippen LogP contribution < -0.4 is 5.43 Å². The molecule has 0 amide bonds. The van der Waals surface area contributed by atoms with Gasteiger partial charge in [0.05, 0.1) is 0 Å². The zero-order chi connectivity index (χ0) is 6.53. The summed E-state index contributed by atoms with van der Waals surface area (Å²) in [6, 6.07) is 0.437. The van der Waals surface area contributed by atoms with Crippen LogP contribution in [0.1, 0.15) is 25.7 Å². The van der Waals surface area contributed by atoms with Gasteiger partial charge in [0, 0.05) is 6.04 Å². The van der Waals surface area contributed by atoms with E-state index in [1.807, 2.05) is 0 Å². The predicted octanol–water partition coefficient (Wildman–Crippen LogP) is 0.769. The van der Waals surface area contributed by atoms with Crippen LogP contribution in [0.4, 0.5) is 0 Å². The fourth-order valence-electron chi connectivity index (χ4n) is 1.17. The standard InChI is InChI=1S/C6H10N2O/c9-5-7-8-6-3-1-2-4-6/h6,8H,1-4H2. The molecule has 1 aliphatic carbocycles. The van der Waals surface area contributed by atoms with Crippen molar-refractivity contribution in [1.82, 2.24) is 5.43 Å². The van der Waals surface area contributed by atoms with E-state index in [4.69, 9.17) is 0 Å². The first kappa shape index (κ1) is 6.30. The Morgan fingerprint density at radius 1 is 1.44 bits per heavy atom. The summed E-state index contributed by atoms with van der Waals surface area (Å²) in [4.78, 5) is 9.61. The maximum absolute atomic E-state index is 9.61. The highest BCUT2D eigenvalue weighted by Gasteiger charge is 2.12. The van der Waals surface area contributed by atoms with Crippen molar-refractivity contribution in [2.75, 3.05) is 0 Å². The number of hydrogen-bond acceptors (Lipinski definition) is 3. The summed E-state index contributed by atoms with van der Waals surface area (Å²) in [6.07, 6.45) is 6.26. The Balaban J connectivity index is 2.18. The van der Waals surface area contributed by atoms with E-state index in [1.165, 1.54) is 18.9 Å². The number of carbonyl (C=O) groups excluding carboxylic acids is 1. The van der Waals surface area contributed by atoms with Gasteiger partial charge in [0.15, 0.2) is 0 Å². The quantitative estimate of drug-likeness (QED) is 0.337. The largest absolute Gasteiger partial charge is 0.296 e. The summed E-state index contributed by atoms with van der Waals surface area (Å²) in [5.74, 6) is 0. The summed E-state index contributed by atoms with van der Waals surface area (Å²) in [6.45, 7) is 0. The van der Waals surface area contributed by atoms with Crippen LogP contribution in [-0.2, 0) is 4.79 Å². The predicted molar refractivity (Wildman–Crippen MR) is 33.5 cm³/mol. The summed E-state index contributed by atoms with van der Waals surface area (Å²) in [7, 11) is 0. The molecule has 0 spiro atoms. The molecule has 0 unspecified atom stereocenters. The molecule has 50 valence electrons. The maximum Gasteiger partial charge on any atom is 0.258 e. The zero-order valence-electron chi connectivity index (χ0n) is 5.26. The van der Waals surface area contributed by atoms with Gasteiger partial charge in [0.25, 0.3) is 6.08 Å². The Labute approximate surface area is 54.1 Å². The van der Waals surface area contributed by atoms with E-state index >= 15 is 0 Å². The molecule has 1 saturated carbocycles. The molecule has 9 heavy (non-hydrogen) atoms. The van der Waals surface area contributed by atoms with E-state index in [2.05, 4.69) is 10.5 Å². The Hall–Kier alpha value is -0.820. The molecule has 0 aliphatic heterocycles. The smallest absolute Gasteiger partial charge is 0.258 e. The molecule has 1 rings (SSSR count). The molecule has 0 aromatic heterocycles. The highest BCUT2D eigenvalue weighted by molar-refractivity contribution is 5.32. The molecule has 0 heterocycles. The molecule has 0 aromatic rings. The van der Waals surface area contributed by atoms with Gasteiger partial charge in [-0.25, -0.2) is 4.79 Å². The second-order valence-electron chi connectivity index (χ2n) is 2.31. The van der Waals surface area contributed by atoms with Crippen molar-refractivity contribution in [1.29, 1.82) is 0 Å². The molecule has 1 fully saturated rings. The number of hydrogen-bond donors (Lipinski definition) is 1. The molecule has 0 radical (unpaired) electrons. The van der Waals surface area contributed by atoms with Crippen molar-refractivity contribution >= 4 is 6.08 Å². The van der Waals surface area contributed by atoms with E-state index in [-0.39, 0.29) is 0 Å². The minimum atomic E-state index is 0.437. The Morgan fingerprint density at radius 3 is 2.67 bits per heavy atom. The lowest BCUT2D eigenvalue weighted by molar-refractivity contribution is 0.523. The van der Waals surface area contributed by atoms with Gasteiger partial charge in [-0.1, -0.05) is 17.9 Å². The fraction of sp³-hybridized carbons (Fsp3) is 0.833. The first-order valence-electron chi connectivity index (χ1n) is 3.26. The molecule has 0 bridgehead atoms. The number of nitrogens with zero attached hydrogens (tertiary/aromatic N) is 1. The van der Waals surface area contributed by atoms with Crippen LogP contribution in [0.5, 0.6) is 0 Å². The van der Waals surface area contributed by atoms with E-state index < -0.39 is 0 Å². The number of rotatable bonds is 2. The first-order chi connectivity index (χ1) is 4.43. The Kier molecular flexibility index (Phi) is 2.28. The molecule has 0 saturated heterocycles. The Bertz CT molecular complexity index is 123. The van der Waals surface area contributed by atoms with Crippen LogP contribution in [0, 0.1) is 0 Å². The van der Waals surface area contributed by atoms with E-state index in [0.717, 1.165) is 12.8 Å². The summed E-state index contributed by atoms with van der Waals surface area (Å²) in [5.41, 5.74) is 2.73.